The van der Waals surface area contributed by atoms with Crippen LogP contribution in [0.4, 0.5) is 10.1 Å². The van der Waals surface area contributed by atoms with Crippen molar-refractivity contribution in [1.29, 1.82) is 0 Å². The predicted octanol–water partition coefficient (Wildman–Crippen LogP) is 2.47. The van der Waals surface area contributed by atoms with Crippen LogP contribution in [0.1, 0.15) is 43.0 Å². The average molecular weight is 236 g/mol. The van der Waals surface area contributed by atoms with Gasteiger partial charge >= 0.3 is 0 Å². The summed E-state index contributed by atoms with van der Waals surface area (Å²) in [6.45, 7) is 2.04. The van der Waals surface area contributed by atoms with Crippen LogP contribution < -0.4 is 11.1 Å². The lowest BCUT2D eigenvalue weighted by molar-refractivity contribution is 0.0816. The van der Waals surface area contributed by atoms with E-state index in [9.17, 15) is 9.18 Å². The Labute approximate surface area is 100 Å². The molecule has 0 aromatic heterocycles. The van der Waals surface area contributed by atoms with E-state index in [2.05, 4.69) is 5.32 Å². The Kier molecular flexibility index (Phi) is 3.05. The molecule has 92 valence electrons. The summed E-state index contributed by atoms with van der Waals surface area (Å²) in [6.07, 6.45) is 3.94. The summed E-state index contributed by atoms with van der Waals surface area (Å²) >= 11 is 0. The van der Waals surface area contributed by atoms with Crippen LogP contribution in [-0.2, 0) is 0 Å². The fourth-order valence-corrected chi connectivity index (χ4v) is 2.20. The molecule has 1 amide bonds. The van der Waals surface area contributed by atoms with Gasteiger partial charge in [0.1, 0.15) is 5.82 Å². The molecule has 3 N–H and O–H groups in total. The van der Waals surface area contributed by atoms with Crippen molar-refractivity contribution in [3.8, 4) is 0 Å². The highest BCUT2D eigenvalue weighted by Gasteiger charge is 2.36. The van der Waals surface area contributed by atoms with E-state index in [1.54, 1.807) is 0 Å². The van der Waals surface area contributed by atoms with Gasteiger partial charge in [-0.1, -0.05) is 6.92 Å². The van der Waals surface area contributed by atoms with E-state index in [-0.39, 0.29) is 17.0 Å². The third kappa shape index (κ3) is 2.25. The number of nitrogen functional groups attached to an aromatic ring is 1. The molecule has 0 spiro atoms. The average Bonchev–Trinajstić information content (AvgIpc) is 2.26. The number of nitrogens with two attached hydrogens (primary N) is 1. The van der Waals surface area contributed by atoms with Crippen LogP contribution in [0.2, 0.25) is 0 Å². The molecule has 1 saturated carbocycles. The van der Waals surface area contributed by atoms with Gasteiger partial charge in [0.2, 0.25) is 0 Å². The van der Waals surface area contributed by atoms with Crippen LogP contribution in [-0.4, -0.2) is 11.4 Å². The molecule has 0 heterocycles. The summed E-state index contributed by atoms with van der Waals surface area (Å²) in [6, 6.07) is 4.06. The fraction of sp³-hybridized carbons (Fsp3) is 0.462. The zero-order valence-corrected chi connectivity index (χ0v) is 9.92. The molecule has 0 radical (unpaired) electrons. The molecule has 2 rings (SSSR count). The Hall–Kier alpha value is -1.58. The minimum Gasteiger partial charge on any atom is -0.399 e. The van der Waals surface area contributed by atoms with E-state index in [1.807, 2.05) is 6.92 Å². The molecule has 1 aromatic carbocycles. The first-order chi connectivity index (χ1) is 8.06. The molecule has 0 bridgehead atoms. The minimum atomic E-state index is -0.526. The minimum absolute atomic E-state index is 0.0322. The Bertz CT molecular complexity index is 436. The molecule has 0 saturated heterocycles. The van der Waals surface area contributed by atoms with E-state index in [0.29, 0.717) is 5.69 Å². The molecule has 17 heavy (non-hydrogen) atoms. The zero-order chi connectivity index (χ0) is 12.5. The van der Waals surface area contributed by atoms with Crippen molar-refractivity contribution >= 4 is 11.6 Å². The number of amides is 1. The van der Waals surface area contributed by atoms with Crippen LogP contribution in [0.3, 0.4) is 0 Å². The number of anilines is 1. The highest BCUT2D eigenvalue weighted by atomic mass is 19.1. The molecular weight excluding hydrogens is 219 g/mol. The molecule has 1 fully saturated rings. The van der Waals surface area contributed by atoms with Gasteiger partial charge < -0.3 is 11.1 Å². The summed E-state index contributed by atoms with van der Waals surface area (Å²) in [5.41, 5.74) is 5.86. The molecule has 0 aliphatic heterocycles. The highest BCUT2D eigenvalue weighted by Crippen LogP contribution is 2.35. The molecule has 1 aliphatic carbocycles. The van der Waals surface area contributed by atoms with Crippen molar-refractivity contribution in [1.82, 2.24) is 5.32 Å². The van der Waals surface area contributed by atoms with Crippen LogP contribution in [0, 0.1) is 5.82 Å². The van der Waals surface area contributed by atoms with Crippen LogP contribution >= 0.6 is 0 Å². The van der Waals surface area contributed by atoms with Gasteiger partial charge in [-0.05, 0) is 43.9 Å². The van der Waals surface area contributed by atoms with Crippen molar-refractivity contribution in [2.75, 3.05) is 5.73 Å². The normalized spacial score (nSPS) is 17.3. The Balaban J connectivity index is 2.17. The Morgan fingerprint density at radius 1 is 1.53 bits per heavy atom. The monoisotopic (exact) mass is 236 g/mol. The molecule has 3 nitrogen and oxygen atoms in total. The van der Waals surface area contributed by atoms with Gasteiger partial charge in [0.25, 0.3) is 5.91 Å². The maximum absolute atomic E-state index is 13.5. The third-order valence-electron chi connectivity index (χ3n) is 3.60. The second kappa shape index (κ2) is 4.35. The maximum Gasteiger partial charge on any atom is 0.254 e. The lowest BCUT2D eigenvalue weighted by atomic mass is 9.74. The van der Waals surface area contributed by atoms with E-state index in [0.717, 1.165) is 25.7 Å². The number of carbonyl (C=O) groups is 1. The SMILES string of the molecule is CCC1(NC(=O)c2cc(N)ccc2F)CCC1. The predicted molar refractivity (Wildman–Crippen MR) is 65.2 cm³/mol. The van der Waals surface area contributed by atoms with Gasteiger partial charge in [0.15, 0.2) is 0 Å². The molecule has 1 aromatic rings. The molecule has 0 unspecified atom stereocenters. The first-order valence-corrected chi connectivity index (χ1v) is 5.94. The van der Waals surface area contributed by atoms with Gasteiger partial charge in [-0.2, -0.15) is 0 Å². The van der Waals surface area contributed by atoms with Gasteiger partial charge in [0.05, 0.1) is 5.56 Å². The van der Waals surface area contributed by atoms with Gasteiger partial charge in [-0.25, -0.2) is 4.39 Å². The second-order valence-electron chi connectivity index (χ2n) is 4.68. The van der Waals surface area contributed by atoms with Gasteiger partial charge in [-0.3, -0.25) is 4.79 Å². The summed E-state index contributed by atoms with van der Waals surface area (Å²) in [5, 5.41) is 2.93. The lowest BCUT2D eigenvalue weighted by Crippen LogP contribution is -2.53. The van der Waals surface area contributed by atoms with E-state index in [4.69, 9.17) is 5.73 Å². The summed E-state index contributed by atoms with van der Waals surface area (Å²) in [7, 11) is 0. The standard InChI is InChI=1S/C13H17FN2O/c1-2-13(6-3-7-13)16-12(17)10-8-9(15)4-5-11(10)14/h4-5,8H,2-3,6-7,15H2,1H3,(H,16,17). The largest absolute Gasteiger partial charge is 0.399 e. The number of carbonyl (C=O) groups excluding carboxylic acids is 1. The van der Waals surface area contributed by atoms with E-state index >= 15 is 0 Å². The number of benzene rings is 1. The number of hydrogen-bond acceptors (Lipinski definition) is 2. The van der Waals surface area contributed by atoms with Crippen LogP contribution in [0.15, 0.2) is 18.2 Å². The summed E-state index contributed by atoms with van der Waals surface area (Å²) < 4.78 is 13.5. The summed E-state index contributed by atoms with van der Waals surface area (Å²) in [5.74, 6) is -0.890. The topological polar surface area (TPSA) is 55.1 Å². The number of hydrogen-bond donors (Lipinski definition) is 2. The van der Waals surface area contributed by atoms with Crippen molar-refractivity contribution in [2.45, 2.75) is 38.1 Å². The number of halogens is 1. The Morgan fingerprint density at radius 2 is 2.24 bits per heavy atom. The lowest BCUT2D eigenvalue weighted by Gasteiger charge is -2.42. The smallest absolute Gasteiger partial charge is 0.254 e. The third-order valence-corrected chi connectivity index (χ3v) is 3.60. The molecule has 0 atom stereocenters. The van der Waals surface area contributed by atoms with Crippen LogP contribution in [0.25, 0.3) is 0 Å². The quantitative estimate of drug-likeness (QED) is 0.792. The fourth-order valence-electron chi connectivity index (χ4n) is 2.20. The highest BCUT2D eigenvalue weighted by molar-refractivity contribution is 5.95. The molecule has 4 heteroatoms. The van der Waals surface area contributed by atoms with Gasteiger partial charge in [0, 0.05) is 11.2 Å². The second-order valence-corrected chi connectivity index (χ2v) is 4.68. The van der Waals surface area contributed by atoms with E-state index < -0.39 is 5.82 Å². The van der Waals surface area contributed by atoms with E-state index in [1.165, 1.54) is 18.2 Å². The first-order valence-electron chi connectivity index (χ1n) is 5.94. The van der Waals surface area contributed by atoms with Crippen molar-refractivity contribution in [2.24, 2.45) is 0 Å². The number of nitrogens with one attached hydrogen (secondary N) is 1. The summed E-state index contributed by atoms with van der Waals surface area (Å²) in [4.78, 5) is 12.0. The van der Waals surface area contributed by atoms with Crippen molar-refractivity contribution < 1.29 is 9.18 Å². The molecule has 1 aliphatic rings. The van der Waals surface area contributed by atoms with Crippen LogP contribution in [0.5, 0.6) is 0 Å². The van der Waals surface area contributed by atoms with Crippen molar-refractivity contribution in [3.63, 3.8) is 0 Å². The Morgan fingerprint density at radius 3 is 2.76 bits per heavy atom. The zero-order valence-electron chi connectivity index (χ0n) is 9.92. The maximum atomic E-state index is 13.5. The number of rotatable bonds is 3. The first kappa shape index (κ1) is 11.9. The van der Waals surface area contributed by atoms with Gasteiger partial charge in [-0.15, -0.1) is 0 Å². The molecular formula is C13H17FN2O. The van der Waals surface area contributed by atoms with Crippen molar-refractivity contribution in [3.05, 3.63) is 29.6 Å².